The molecule has 138 valence electrons. The van der Waals surface area contributed by atoms with Crippen LogP contribution in [0.15, 0.2) is 53.4 Å². The van der Waals surface area contributed by atoms with Crippen molar-refractivity contribution in [3.8, 4) is 0 Å². The van der Waals surface area contributed by atoms with Crippen molar-refractivity contribution in [1.82, 2.24) is 4.31 Å². The van der Waals surface area contributed by atoms with E-state index in [1.165, 1.54) is 4.31 Å². The third-order valence-electron chi connectivity index (χ3n) is 4.72. The summed E-state index contributed by atoms with van der Waals surface area (Å²) >= 11 is 0. The Bertz CT molecular complexity index is 895. The van der Waals surface area contributed by atoms with E-state index in [2.05, 4.69) is 0 Å². The van der Waals surface area contributed by atoms with E-state index in [4.69, 9.17) is 0 Å². The largest absolute Gasteiger partial charge is 0.312 e. The second-order valence-corrected chi connectivity index (χ2v) is 8.45. The fraction of sp³-hybridized carbons (Fsp3) is 0.350. The third-order valence-corrected chi connectivity index (χ3v) is 6.64. The number of carbonyl (C=O) groups excluding carboxylic acids is 1. The minimum Gasteiger partial charge on any atom is -0.312 e. The fourth-order valence-corrected chi connectivity index (χ4v) is 4.82. The number of nitrogens with zero attached hydrogens (tertiary/aromatic N) is 2. The first-order chi connectivity index (χ1) is 12.4. The molecule has 0 atom stereocenters. The maximum Gasteiger partial charge on any atom is 0.243 e. The summed E-state index contributed by atoms with van der Waals surface area (Å²) in [7, 11) is -3.60. The Labute approximate surface area is 155 Å². The molecule has 2 aromatic rings. The van der Waals surface area contributed by atoms with Crippen molar-refractivity contribution in [2.45, 2.75) is 38.1 Å². The number of rotatable bonds is 6. The highest BCUT2D eigenvalue weighted by molar-refractivity contribution is 7.89. The molecule has 3 rings (SSSR count). The average Bonchev–Trinajstić information content (AvgIpc) is 3.06. The van der Waals surface area contributed by atoms with Crippen molar-refractivity contribution < 1.29 is 13.2 Å². The van der Waals surface area contributed by atoms with Gasteiger partial charge in [-0.3, -0.25) is 4.79 Å². The molecule has 0 N–H and O–H groups in total. The summed E-state index contributed by atoms with van der Waals surface area (Å²) in [4.78, 5) is 14.0. The van der Waals surface area contributed by atoms with Gasteiger partial charge in [-0.25, -0.2) is 8.42 Å². The van der Waals surface area contributed by atoms with Crippen molar-refractivity contribution in [1.29, 1.82) is 0 Å². The molecule has 1 amide bonds. The summed E-state index contributed by atoms with van der Waals surface area (Å²) in [5.41, 5.74) is 2.56. The fourth-order valence-electron chi connectivity index (χ4n) is 3.30. The molecule has 2 aromatic carbocycles. The summed E-state index contributed by atoms with van der Waals surface area (Å²) in [5.74, 6) is 0.1000. The lowest BCUT2D eigenvalue weighted by molar-refractivity contribution is -0.117. The van der Waals surface area contributed by atoms with Crippen LogP contribution in [0.2, 0.25) is 0 Å². The normalized spacial score (nSPS) is 15.0. The number of anilines is 1. The standard InChI is InChI=1S/C20H24N2O3S/c1-3-21(15-17-8-5-4-6-9-17)26(24,25)18-11-12-19(16(2)14-18)22-13-7-10-20(22)23/h4-6,8-9,11-12,14H,3,7,10,13,15H2,1-2H3. The van der Waals surface area contributed by atoms with Gasteiger partial charge in [0.25, 0.3) is 0 Å². The molecule has 26 heavy (non-hydrogen) atoms. The molecule has 1 saturated heterocycles. The maximum atomic E-state index is 13.1. The number of aryl methyl sites for hydroxylation is 1. The molecule has 1 fully saturated rings. The molecule has 0 aliphatic carbocycles. The van der Waals surface area contributed by atoms with Crippen molar-refractivity contribution in [2.75, 3.05) is 18.0 Å². The van der Waals surface area contributed by atoms with Gasteiger partial charge in [-0.15, -0.1) is 0 Å². The van der Waals surface area contributed by atoms with Crippen LogP contribution < -0.4 is 4.90 Å². The molecule has 5 nitrogen and oxygen atoms in total. The van der Waals surface area contributed by atoms with Gasteiger partial charge in [0.2, 0.25) is 15.9 Å². The van der Waals surface area contributed by atoms with Crippen LogP contribution in [0, 0.1) is 6.92 Å². The smallest absolute Gasteiger partial charge is 0.243 e. The minimum absolute atomic E-state index is 0.1000. The van der Waals surface area contributed by atoms with Gasteiger partial charge in [0.1, 0.15) is 0 Å². The molecule has 0 spiro atoms. The molecule has 1 heterocycles. The maximum absolute atomic E-state index is 13.1. The van der Waals surface area contributed by atoms with Gasteiger partial charge in [-0.05, 0) is 42.7 Å². The first-order valence-electron chi connectivity index (χ1n) is 8.88. The molecule has 0 saturated carbocycles. The highest BCUT2D eigenvalue weighted by atomic mass is 32.2. The van der Waals surface area contributed by atoms with Crippen LogP contribution in [0.3, 0.4) is 0 Å². The number of amides is 1. The van der Waals surface area contributed by atoms with Crippen molar-refractivity contribution in [2.24, 2.45) is 0 Å². The highest BCUT2D eigenvalue weighted by Crippen LogP contribution is 2.28. The van der Waals surface area contributed by atoms with Crippen LogP contribution in [0.4, 0.5) is 5.69 Å². The summed E-state index contributed by atoms with van der Waals surface area (Å²) in [5, 5.41) is 0. The van der Waals surface area contributed by atoms with E-state index in [0.29, 0.717) is 26.1 Å². The summed E-state index contributed by atoms with van der Waals surface area (Å²) in [6.45, 7) is 5.12. The highest BCUT2D eigenvalue weighted by Gasteiger charge is 2.26. The molecule has 0 radical (unpaired) electrons. The van der Waals surface area contributed by atoms with E-state index < -0.39 is 10.0 Å². The molecule has 1 aliphatic heterocycles. The predicted octanol–water partition coefficient (Wildman–Crippen LogP) is 3.33. The number of sulfonamides is 1. The van der Waals surface area contributed by atoms with Gasteiger partial charge < -0.3 is 4.90 Å². The van der Waals surface area contributed by atoms with E-state index in [-0.39, 0.29) is 10.8 Å². The Balaban J connectivity index is 1.88. The van der Waals surface area contributed by atoms with Crippen LogP contribution in [-0.2, 0) is 21.4 Å². The van der Waals surface area contributed by atoms with Gasteiger partial charge in [-0.1, -0.05) is 37.3 Å². The lowest BCUT2D eigenvalue weighted by Gasteiger charge is -2.23. The van der Waals surface area contributed by atoms with Gasteiger partial charge in [0.05, 0.1) is 4.90 Å². The van der Waals surface area contributed by atoms with Crippen molar-refractivity contribution in [3.05, 3.63) is 59.7 Å². The van der Waals surface area contributed by atoms with Gasteiger partial charge in [0.15, 0.2) is 0 Å². The quantitative estimate of drug-likeness (QED) is 0.781. The predicted molar refractivity (Wildman–Crippen MR) is 102 cm³/mol. The van der Waals surface area contributed by atoms with Crippen molar-refractivity contribution >= 4 is 21.6 Å². The van der Waals surface area contributed by atoms with Crippen LogP contribution >= 0.6 is 0 Å². The molecule has 0 unspecified atom stereocenters. The molecule has 0 bridgehead atoms. The monoisotopic (exact) mass is 372 g/mol. The molecule has 0 aromatic heterocycles. The molecular formula is C20H24N2O3S. The van der Waals surface area contributed by atoms with E-state index in [0.717, 1.165) is 23.2 Å². The Morgan fingerprint density at radius 2 is 1.85 bits per heavy atom. The minimum atomic E-state index is -3.60. The zero-order chi connectivity index (χ0) is 18.7. The van der Waals surface area contributed by atoms with Crippen LogP contribution in [-0.4, -0.2) is 31.7 Å². The lowest BCUT2D eigenvalue weighted by Crippen LogP contribution is -2.30. The molecule has 6 heteroatoms. The Morgan fingerprint density at radius 1 is 1.12 bits per heavy atom. The first kappa shape index (κ1) is 18.6. The zero-order valence-corrected chi connectivity index (χ0v) is 16.0. The number of hydrogen-bond donors (Lipinski definition) is 0. The van der Waals surface area contributed by atoms with E-state index in [1.54, 1.807) is 23.1 Å². The second-order valence-electron chi connectivity index (χ2n) is 6.51. The van der Waals surface area contributed by atoms with Crippen LogP contribution in [0.5, 0.6) is 0 Å². The number of hydrogen-bond acceptors (Lipinski definition) is 3. The van der Waals surface area contributed by atoms with Crippen LogP contribution in [0.1, 0.15) is 30.9 Å². The number of benzene rings is 2. The van der Waals surface area contributed by atoms with E-state index in [9.17, 15) is 13.2 Å². The Hall–Kier alpha value is -2.18. The van der Waals surface area contributed by atoms with E-state index >= 15 is 0 Å². The third kappa shape index (κ3) is 3.66. The first-order valence-corrected chi connectivity index (χ1v) is 10.3. The molecular weight excluding hydrogens is 348 g/mol. The van der Waals surface area contributed by atoms with Crippen molar-refractivity contribution in [3.63, 3.8) is 0 Å². The Morgan fingerprint density at radius 3 is 2.42 bits per heavy atom. The summed E-state index contributed by atoms with van der Waals surface area (Å²) in [6, 6.07) is 14.6. The van der Waals surface area contributed by atoms with Gasteiger partial charge in [0, 0.05) is 31.7 Å². The lowest BCUT2D eigenvalue weighted by atomic mass is 10.2. The molecule has 1 aliphatic rings. The zero-order valence-electron chi connectivity index (χ0n) is 15.2. The van der Waals surface area contributed by atoms with Crippen LogP contribution in [0.25, 0.3) is 0 Å². The topological polar surface area (TPSA) is 57.7 Å². The summed E-state index contributed by atoms with van der Waals surface area (Å²) in [6.07, 6.45) is 1.40. The van der Waals surface area contributed by atoms with Gasteiger partial charge in [-0.2, -0.15) is 4.31 Å². The van der Waals surface area contributed by atoms with E-state index in [1.807, 2.05) is 44.2 Å². The summed E-state index contributed by atoms with van der Waals surface area (Å²) < 4.78 is 27.6. The average molecular weight is 372 g/mol. The van der Waals surface area contributed by atoms with Gasteiger partial charge >= 0.3 is 0 Å². The number of carbonyl (C=O) groups is 1. The Kier molecular flexibility index (Phi) is 5.44. The second kappa shape index (κ2) is 7.60. The SMILES string of the molecule is CCN(Cc1ccccc1)S(=O)(=O)c1ccc(N2CCCC2=O)c(C)c1.